The average Bonchev–Trinajstić information content (AvgIpc) is 2.70. The lowest BCUT2D eigenvalue weighted by atomic mass is 10.0. The van der Waals surface area contributed by atoms with Gasteiger partial charge in [-0.1, -0.05) is 12.1 Å². The van der Waals surface area contributed by atoms with E-state index in [9.17, 15) is 12.8 Å². The number of allylic oxidation sites excluding steroid dienone is 2. The van der Waals surface area contributed by atoms with Gasteiger partial charge >= 0.3 is 0 Å². The van der Waals surface area contributed by atoms with Crippen LogP contribution in [0.15, 0.2) is 65.2 Å². The van der Waals surface area contributed by atoms with Gasteiger partial charge in [-0.05, 0) is 48.9 Å². The van der Waals surface area contributed by atoms with Crippen molar-refractivity contribution in [2.75, 3.05) is 24.2 Å². The number of nitrogens with zero attached hydrogens (tertiary/aromatic N) is 2. The number of ether oxygens (including phenoxy) is 1. The van der Waals surface area contributed by atoms with Crippen molar-refractivity contribution >= 4 is 27.1 Å². The Hall–Kier alpha value is -3.13. The third-order valence-corrected chi connectivity index (χ3v) is 5.71. The van der Waals surface area contributed by atoms with Crippen LogP contribution in [0.5, 0.6) is 11.5 Å². The zero-order chi connectivity index (χ0) is 20.4. The number of amidine groups is 1. The number of anilines is 1. The van der Waals surface area contributed by atoms with Gasteiger partial charge in [0.1, 0.15) is 17.3 Å². The molecule has 2 heterocycles. The van der Waals surface area contributed by atoms with E-state index in [0.29, 0.717) is 36.1 Å². The molecule has 150 valence electrons. The van der Waals surface area contributed by atoms with Gasteiger partial charge in [0, 0.05) is 30.9 Å². The molecule has 2 aromatic carbocycles. The van der Waals surface area contributed by atoms with Crippen molar-refractivity contribution in [2.45, 2.75) is 6.92 Å². The van der Waals surface area contributed by atoms with Crippen molar-refractivity contribution in [3.63, 3.8) is 0 Å². The third kappa shape index (κ3) is 4.17. The minimum Gasteiger partial charge on any atom is -0.457 e. The summed E-state index contributed by atoms with van der Waals surface area (Å²) in [6, 6.07) is 11.8. The normalized spacial score (nSPS) is 17.2. The summed E-state index contributed by atoms with van der Waals surface area (Å²) in [5, 5.41) is 2.95. The molecule has 1 N–H and O–H groups in total. The molecule has 2 aliphatic rings. The van der Waals surface area contributed by atoms with E-state index in [0.717, 1.165) is 11.1 Å². The van der Waals surface area contributed by atoms with Crippen LogP contribution in [0, 0.1) is 5.82 Å². The predicted molar refractivity (Wildman–Crippen MR) is 112 cm³/mol. The van der Waals surface area contributed by atoms with Crippen LogP contribution >= 0.6 is 0 Å². The van der Waals surface area contributed by atoms with Crippen LogP contribution in [0.2, 0.25) is 0 Å². The zero-order valence-electron chi connectivity index (χ0n) is 15.8. The number of benzene rings is 2. The topological polar surface area (TPSA) is 71.0 Å². The van der Waals surface area contributed by atoms with Crippen LogP contribution in [0.3, 0.4) is 0 Å². The number of halogens is 1. The van der Waals surface area contributed by atoms with Crippen molar-refractivity contribution < 1.29 is 17.5 Å². The zero-order valence-corrected chi connectivity index (χ0v) is 16.6. The minimum absolute atomic E-state index is 0.00739. The van der Waals surface area contributed by atoms with E-state index < -0.39 is 10.0 Å². The van der Waals surface area contributed by atoms with Crippen molar-refractivity contribution in [1.29, 1.82) is 0 Å². The molecule has 0 amide bonds. The second-order valence-corrected chi connectivity index (χ2v) is 8.37. The molecule has 0 aliphatic carbocycles. The van der Waals surface area contributed by atoms with E-state index in [-0.39, 0.29) is 11.6 Å². The number of hydrogen-bond acceptors (Lipinski definition) is 5. The smallest absolute Gasteiger partial charge is 0.256 e. The molecule has 8 heteroatoms. The fourth-order valence-electron chi connectivity index (χ4n) is 3.17. The number of fused-ring (bicyclic) bond motifs is 1. The maximum absolute atomic E-state index is 13.8. The Kier molecular flexibility index (Phi) is 5.10. The molecule has 6 nitrogen and oxygen atoms in total. The van der Waals surface area contributed by atoms with Crippen LogP contribution in [0.1, 0.15) is 12.5 Å². The average molecular weight is 413 g/mol. The molecular weight excluding hydrogens is 393 g/mol. The lowest BCUT2D eigenvalue weighted by Gasteiger charge is -2.29. The number of hydrogen-bond donors (Lipinski definition) is 1. The quantitative estimate of drug-likeness (QED) is 0.802. The van der Waals surface area contributed by atoms with Crippen molar-refractivity contribution in [2.24, 2.45) is 4.40 Å². The summed E-state index contributed by atoms with van der Waals surface area (Å²) in [5.41, 5.74) is 1.95. The first-order valence-corrected chi connectivity index (χ1v) is 10.9. The molecule has 0 atom stereocenters. The highest BCUT2D eigenvalue weighted by atomic mass is 32.2. The van der Waals surface area contributed by atoms with E-state index in [2.05, 4.69) is 9.71 Å². The van der Waals surface area contributed by atoms with Crippen molar-refractivity contribution in [3.8, 4) is 11.5 Å². The third-order valence-electron chi connectivity index (χ3n) is 4.56. The fourth-order valence-corrected chi connectivity index (χ4v) is 4.16. The molecule has 0 spiro atoms. The molecular formula is C21H20FN3O3S. The molecule has 0 bridgehead atoms. The van der Waals surface area contributed by atoms with E-state index >= 15 is 0 Å². The second kappa shape index (κ2) is 7.71. The first kappa shape index (κ1) is 19.2. The highest BCUT2D eigenvalue weighted by Gasteiger charge is 2.27. The molecule has 0 saturated heterocycles. The summed E-state index contributed by atoms with van der Waals surface area (Å²) in [6.07, 6.45) is 5.54. The van der Waals surface area contributed by atoms with Gasteiger partial charge in [-0.25, -0.2) is 12.8 Å². The van der Waals surface area contributed by atoms with Gasteiger partial charge in [0.15, 0.2) is 5.84 Å². The molecule has 2 aliphatic heterocycles. The predicted octanol–water partition coefficient (Wildman–Crippen LogP) is 4.00. The maximum atomic E-state index is 13.8. The Morgan fingerprint density at radius 2 is 1.93 bits per heavy atom. The van der Waals surface area contributed by atoms with Gasteiger partial charge in [-0.2, -0.15) is 0 Å². The second-order valence-electron chi connectivity index (χ2n) is 6.61. The summed E-state index contributed by atoms with van der Waals surface area (Å²) in [5.74, 6) is 1.21. The molecule has 2 aromatic rings. The number of rotatable bonds is 5. The lowest BCUT2D eigenvalue weighted by Crippen LogP contribution is -2.37. The monoisotopic (exact) mass is 413 g/mol. The van der Waals surface area contributed by atoms with Gasteiger partial charge in [0.25, 0.3) is 10.0 Å². The Morgan fingerprint density at radius 1 is 1.17 bits per heavy atom. The maximum Gasteiger partial charge on any atom is 0.256 e. The van der Waals surface area contributed by atoms with Crippen LogP contribution in [-0.4, -0.2) is 38.0 Å². The summed E-state index contributed by atoms with van der Waals surface area (Å²) < 4.78 is 47.4. The molecule has 0 unspecified atom stereocenters. The molecule has 29 heavy (non-hydrogen) atoms. The Labute approximate surface area is 169 Å². The summed E-state index contributed by atoms with van der Waals surface area (Å²) in [6.45, 7) is 2.88. The molecule has 4 rings (SSSR count). The van der Waals surface area contributed by atoms with E-state index in [1.807, 2.05) is 42.3 Å². The lowest BCUT2D eigenvalue weighted by molar-refractivity contribution is 0.481. The summed E-state index contributed by atoms with van der Waals surface area (Å²) in [7, 11) is -3.45. The largest absolute Gasteiger partial charge is 0.457 e. The number of sulfonamides is 1. The van der Waals surface area contributed by atoms with Crippen LogP contribution in [0.4, 0.5) is 10.1 Å². The summed E-state index contributed by atoms with van der Waals surface area (Å²) in [4.78, 5) is 1.83. The van der Waals surface area contributed by atoms with E-state index in [1.165, 1.54) is 6.07 Å². The van der Waals surface area contributed by atoms with Crippen LogP contribution < -0.4 is 10.1 Å². The van der Waals surface area contributed by atoms with Crippen molar-refractivity contribution in [3.05, 3.63) is 72.2 Å². The van der Waals surface area contributed by atoms with E-state index in [4.69, 9.17) is 4.74 Å². The standard InChI is InChI=1S/C21H20FN3O3S/c1-2-23-20-14-17(9-10-19(20)22)28-16-7-5-15(6-8-16)18-4-3-11-25-12-13-29(26,27)24-21(18)25/h3-11,14,23H,2,12-13H2,1H3. The molecule has 0 aromatic heterocycles. The van der Waals surface area contributed by atoms with Crippen LogP contribution in [0.25, 0.3) is 5.57 Å². The van der Waals surface area contributed by atoms with Gasteiger partial charge in [-0.15, -0.1) is 4.40 Å². The SMILES string of the molecule is CCNc1cc(Oc2ccc(C3=CC=CN4CCS(=O)(=O)N=C34)cc2)ccc1F. The van der Waals surface area contributed by atoms with Gasteiger partial charge in [0.2, 0.25) is 0 Å². The number of nitrogens with one attached hydrogen (secondary N) is 1. The van der Waals surface area contributed by atoms with Gasteiger partial charge in [-0.3, -0.25) is 0 Å². The Balaban J connectivity index is 1.57. The minimum atomic E-state index is -3.45. The molecule has 0 fully saturated rings. The fraction of sp³-hybridized carbons (Fsp3) is 0.190. The highest BCUT2D eigenvalue weighted by molar-refractivity contribution is 7.90. The van der Waals surface area contributed by atoms with E-state index in [1.54, 1.807) is 24.3 Å². The Bertz CT molecular complexity index is 1120. The van der Waals surface area contributed by atoms with Crippen LogP contribution in [-0.2, 0) is 10.0 Å². The highest BCUT2D eigenvalue weighted by Crippen LogP contribution is 2.30. The van der Waals surface area contributed by atoms with Gasteiger partial charge in [0.05, 0.1) is 11.4 Å². The molecule has 0 saturated carbocycles. The summed E-state index contributed by atoms with van der Waals surface area (Å²) >= 11 is 0. The first-order chi connectivity index (χ1) is 13.9. The first-order valence-electron chi connectivity index (χ1n) is 9.25. The van der Waals surface area contributed by atoms with Gasteiger partial charge < -0.3 is 15.0 Å². The van der Waals surface area contributed by atoms with Crippen molar-refractivity contribution in [1.82, 2.24) is 4.90 Å². The Morgan fingerprint density at radius 3 is 2.69 bits per heavy atom. The molecule has 0 radical (unpaired) electrons.